The standard InChI is InChI=1S/C17H20FN3O4/c1-10-4-5-13(18)14(8-10)24-9-15(22)21-6-7-23-11(2)16(21)17-19-12(3)20-25-17/h4-5,8,11,16H,6-7,9H2,1-3H3/t11-,16+/m1/s1. The van der Waals surface area contributed by atoms with Crippen molar-refractivity contribution in [1.82, 2.24) is 15.0 Å². The first kappa shape index (κ1) is 17.3. The van der Waals surface area contributed by atoms with Crippen molar-refractivity contribution >= 4 is 5.91 Å². The quantitative estimate of drug-likeness (QED) is 0.842. The first-order valence-corrected chi connectivity index (χ1v) is 8.06. The average molecular weight is 349 g/mol. The molecule has 0 radical (unpaired) electrons. The summed E-state index contributed by atoms with van der Waals surface area (Å²) >= 11 is 0. The average Bonchev–Trinajstić information content (AvgIpc) is 3.01. The van der Waals surface area contributed by atoms with Gasteiger partial charge < -0.3 is 18.9 Å². The summed E-state index contributed by atoms with van der Waals surface area (Å²) in [5.74, 6) is 0.0626. The topological polar surface area (TPSA) is 77.7 Å². The van der Waals surface area contributed by atoms with Crippen molar-refractivity contribution in [2.75, 3.05) is 19.8 Å². The number of hydrogen-bond donors (Lipinski definition) is 0. The molecule has 0 N–H and O–H groups in total. The third-order valence-electron chi connectivity index (χ3n) is 4.05. The zero-order valence-corrected chi connectivity index (χ0v) is 14.4. The van der Waals surface area contributed by atoms with Gasteiger partial charge in [-0.3, -0.25) is 4.79 Å². The molecule has 1 fully saturated rings. The second-order valence-corrected chi connectivity index (χ2v) is 6.01. The summed E-state index contributed by atoms with van der Waals surface area (Å²) in [5, 5.41) is 3.77. The van der Waals surface area contributed by atoms with Gasteiger partial charge in [-0.2, -0.15) is 4.98 Å². The minimum Gasteiger partial charge on any atom is -0.481 e. The molecular weight excluding hydrogens is 329 g/mol. The molecule has 134 valence electrons. The molecule has 2 heterocycles. The van der Waals surface area contributed by atoms with Gasteiger partial charge in [-0.25, -0.2) is 4.39 Å². The van der Waals surface area contributed by atoms with Gasteiger partial charge in [-0.15, -0.1) is 0 Å². The Morgan fingerprint density at radius 2 is 2.24 bits per heavy atom. The highest BCUT2D eigenvalue weighted by atomic mass is 19.1. The number of carbonyl (C=O) groups excluding carboxylic acids is 1. The molecule has 1 aromatic carbocycles. The Kier molecular flexibility index (Phi) is 4.98. The van der Waals surface area contributed by atoms with E-state index in [4.69, 9.17) is 14.0 Å². The number of ether oxygens (including phenoxy) is 2. The summed E-state index contributed by atoms with van der Waals surface area (Å²) in [5.41, 5.74) is 0.850. The monoisotopic (exact) mass is 349 g/mol. The van der Waals surface area contributed by atoms with Crippen LogP contribution in [0.4, 0.5) is 4.39 Å². The third kappa shape index (κ3) is 3.79. The summed E-state index contributed by atoms with van der Waals surface area (Å²) in [6, 6.07) is 4.02. The predicted molar refractivity (Wildman–Crippen MR) is 85.5 cm³/mol. The maximum atomic E-state index is 13.8. The van der Waals surface area contributed by atoms with Crippen molar-refractivity contribution < 1.29 is 23.2 Å². The molecule has 2 atom stereocenters. The Morgan fingerprint density at radius 3 is 2.96 bits per heavy atom. The number of benzene rings is 1. The van der Waals surface area contributed by atoms with E-state index in [1.807, 2.05) is 13.8 Å². The molecule has 2 aromatic rings. The molecule has 1 saturated heterocycles. The number of hydrogen-bond acceptors (Lipinski definition) is 6. The van der Waals surface area contributed by atoms with Crippen molar-refractivity contribution in [3.05, 3.63) is 41.3 Å². The maximum Gasteiger partial charge on any atom is 0.261 e. The van der Waals surface area contributed by atoms with Crippen LogP contribution in [0.5, 0.6) is 5.75 Å². The zero-order valence-electron chi connectivity index (χ0n) is 14.4. The summed E-state index contributed by atoms with van der Waals surface area (Å²) in [7, 11) is 0. The van der Waals surface area contributed by atoms with Crippen LogP contribution >= 0.6 is 0 Å². The van der Waals surface area contributed by atoms with Crippen LogP contribution in [0.2, 0.25) is 0 Å². The van der Waals surface area contributed by atoms with E-state index < -0.39 is 11.9 Å². The van der Waals surface area contributed by atoms with E-state index >= 15 is 0 Å². The zero-order chi connectivity index (χ0) is 18.0. The predicted octanol–water partition coefficient (Wildman–Crippen LogP) is 2.19. The van der Waals surface area contributed by atoms with E-state index in [2.05, 4.69) is 10.1 Å². The molecule has 0 bridgehead atoms. The lowest BCUT2D eigenvalue weighted by Crippen LogP contribution is -2.48. The fourth-order valence-corrected chi connectivity index (χ4v) is 2.81. The van der Waals surface area contributed by atoms with Crippen LogP contribution in [-0.4, -0.2) is 46.8 Å². The molecule has 1 aliphatic heterocycles. The van der Waals surface area contributed by atoms with Crippen molar-refractivity contribution in [1.29, 1.82) is 0 Å². The van der Waals surface area contributed by atoms with Crippen LogP contribution in [0.15, 0.2) is 22.7 Å². The summed E-state index contributed by atoms with van der Waals surface area (Å²) in [4.78, 5) is 18.4. The first-order valence-electron chi connectivity index (χ1n) is 8.06. The number of amides is 1. The van der Waals surface area contributed by atoms with E-state index in [-0.39, 0.29) is 24.4 Å². The molecule has 8 heteroatoms. The Labute approximate surface area is 144 Å². The smallest absolute Gasteiger partial charge is 0.261 e. The molecule has 0 unspecified atom stereocenters. The van der Waals surface area contributed by atoms with E-state index in [1.54, 1.807) is 24.0 Å². The van der Waals surface area contributed by atoms with Gasteiger partial charge in [0, 0.05) is 6.54 Å². The molecular formula is C17H20FN3O4. The highest BCUT2D eigenvalue weighted by Crippen LogP contribution is 2.28. The highest BCUT2D eigenvalue weighted by Gasteiger charge is 2.37. The van der Waals surface area contributed by atoms with Gasteiger partial charge in [-0.1, -0.05) is 11.2 Å². The van der Waals surface area contributed by atoms with Crippen molar-refractivity contribution in [3.8, 4) is 5.75 Å². The Hall–Kier alpha value is -2.48. The lowest BCUT2D eigenvalue weighted by atomic mass is 10.1. The van der Waals surface area contributed by atoms with Crippen LogP contribution in [0, 0.1) is 19.7 Å². The summed E-state index contributed by atoms with van der Waals surface area (Å²) in [6.45, 7) is 5.86. The Balaban J connectivity index is 1.73. The fourth-order valence-electron chi connectivity index (χ4n) is 2.81. The van der Waals surface area contributed by atoms with E-state index in [1.165, 1.54) is 6.07 Å². The van der Waals surface area contributed by atoms with Crippen molar-refractivity contribution in [2.24, 2.45) is 0 Å². The minimum absolute atomic E-state index is 0.0554. The summed E-state index contributed by atoms with van der Waals surface area (Å²) < 4.78 is 30.0. The lowest BCUT2D eigenvalue weighted by Gasteiger charge is -2.37. The van der Waals surface area contributed by atoms with Gasteiger partial charge in [0.05, 0.1) is 12.7 Å². The van der Waals surface area contributed by atoms with Crippen LogP contribution in [0.3, 0.4) is 0 Å². The highest BCUT2D eigenvalue weighted by molar-refractivity contribution is 5.78. The van der Waals surface area contributed by atoms with Crippen LogP contribution in [-0.2, 0) is 9.53 Å². The molecule has 0 saturated carbocycles. The van der Waals surface area contributed by atoms with Gasteiger partial charge in [0.2, 0.25) is 0 Å². The van der Waals surface area contributed by atoms with Gasteiger partial charge in [-0.05, 0) is 38.5 Å². The second-order valence-electron chi connectivity index (χ2n) is 6.01. The SMILES string of the molecule is Cc1ccc(F)c(OCC(=O)N2CCO[C@H](C)[C@H]2c2nc(C)no2)c1. The van der Waals surface area contributed by atoms with Gasteiger partial charge in [0.1, 0.15) is 6.04 Å². The number of nitrogens with zero attached hydrogens (tertiary/aromatic N) is 3. The number of aryl methyl sites for hydroxylation is 2. The largest absolute Gasteiger partial charge is 0.481 e. The molecule has 1 aromatic heterocycles. The van der Waals surface area contributed by atoms with Crippen molar-refractivity contribution in [2.45, 2.75) is 32.9 Å². The molecule has 7 nitrogen and oxygen atoms in total. The molecule has 1 aliphatic rings. The van der Waals surface area contributed by atoms with Crippen LogP contribution < -0.4 is 4.74 Å². The molecule has 0 aliphatic carbocycles. The number of halogens is 1. The third-order valence-corrected chi connectivity index (χ3v) is 4.05. The van der Waals surface area contributed by atoms with Crippen molar-refractivity contribution in [3.63, 3.8) is 0 Å². The number of aromatic nitrogens is 2. The lowest BCUT2D eigenvalue weighted by molar-refractivity contribution is -0.149. The molecule has 25 heavy (non-hydrogen) atoms. The van der Waals surface area contributed by atoms with Crippen LogP contribution in [0.25, 0.3) is 0 Å². The normalized spacial score (nSPS) is 20.6. The molecule has 3 rings (SSSR count). The van der Waals surface area contributed by atoms with E-state index in [0.29, 0.717) is 24.9 Å². The summed E-state index contributed by atoms with van der Waals surface area (Å²) in [6.07, 6.45) is -0.298. The van der Waals surface area contributed by atoms with Crippen LogP contribution in [0.1, 0.15) is 30.2 Å². The van der Waals surface area contributed by atoms with E-state index in [9.17, 15) is 9.18 Å². The number of morpholine rings is 1. The number of rotatable bonds is 4. The molecule has 0 spiro atoms. The fraction of sp³-hybridized carbons (Fsp3) is 0.471. The minimum atomic E-state index is -0.502. The van der Waals surface area contributed by atoms with Gasteiger partial charge >= 0.3 is 0 Å². The second kappa shape index (κ2) is 7.18. The van der Waals surface area contributed by atoms with E-state index in [0.717, 1.165) is 5.56 Å². The Morgan fingerprint density at radius 1 is 1.44 bits per heavy atom. The number of carbonyl (C=O) groups is 1. The Bertz CT molecular complexity index is 764. The first-order chi connectivity index (χ1) is 12.0. The maximum absolute atomic E-state index is 13.8. The molecule has 1 amide bonds. The van der Waals surface area contributed by atoms with Gasteiger partial charge in [0.15, 0.2) is 24.0 Å². The van der Waals surface area contributed by atoms with Gasteiger partial charge in [0.25, 0.3) is 11.8 Å².